The summed E-state index contributed by atoms with van der Waals surface area (Å²) in [6.07, 6.45) is 1.37. The quantitative estimate of drug-likeness (QED) is 0.620. The molecular weight excluding hydrogens is 386 g/mol. The summed E-state index contributed by atoms with van der Waals surface area (Å²) in [6.45, 7) is 1.86. The number of anilines is 1. The van der Waals surface area contributed by atoms with Crippen LogP contribution in [-0.2, 0) is 4.79 Å². The van der Waals surface area contributed by atoms with Gasteiger partial charge in [-0.05, 0) is 48.2 Å². The Labute approximate surface area is 164 Å². The monoisotopic (exact) mass is 399 g/mol. The number of nitrogens with zero attached hydrogens (tertiary/aromatic N) is 1. The molecule has 1 N–H and O–H groups in total. The van der Waals surface area contributed by atoms with Gasteiger partial charge in [-0.25, -0.2) is 0 Å². The molecule has 5 nitrogen and oxygen atoms in total. The predicted octanol–water partition coefficient (Wildman–Crippen LogP) is 5.09. The van der Waals surface area contributed by atoms with Gasteiger partial charge in [-0.15, -0.1) is 11.3 Å². The number of furan rings is 1. The number of aliphatic hydroxyl groups is 1. The molecule has 27 heavy (non-hydrogen) atoms. The fourth-order valence-corrected chi connectivity index (χ4v) is 4.09. The number of ketones is 1. The summed E-state index contributed by atoms with van der Waals surface area (Å²) in [7, 11) is 0. The van der Waals surface area contributed by atoms with E-state index in [-0.39, 0.29) is 11.3 Å². The minimum absolute atomic E-state index is 0.00547. The minimum atomic E-state index is -0.756. The number of amides is 1. The molecule has 3 aromatic rings. The number of carbonyl (C=O) groups is 2. The number of carbonyl (C=O) groups excluding carboxylic acids is 2. The van der Waals surface area contributed by atoms with Crippen LogP contribution in [-0.4, -0.2) is 16.8 Å². The zero-order valence-electron chi connectivity index (χ0n) is 14.2. The van der Waals surface area contributed by atoms with Crippen molar-refractivity contribution in [2.24, 2.45) is 0 Å². The third kappa shape index (κ3) is 2.87. The van der Waals surface area contributed by atoms with E-state index in [1.807, 2.05) is 24.4 Å². The average Bonchev–Trinajstić information content (AvgIpc) is 3.39. The third-order valence-electron chi connectivity index (χ3n) is 4.44. The molecule has 2 aromatic heterocycles. The second-order valence-corrected chi connectivity index (χ2v) is 7.48. The highest BCUT2D eigenvalue weighted by Crippen LogP contribution is 2.43. The Morgan fingerprint density at radius 2 is 2.07 bits per heavy atom. The number of benzene rings is 1. The molecule has 1 amide bonds. The van der Waals surface area contributed by atoms with Crippen LogP contribution in [0.5, 0.6) is 0 Å². The first-order chi connectivity index (χ1) is 13.0. The van der Waals surface area contributed by atoms with Gasteiger partial charge in [0.1, 0.15) is 6.04 Å². The van der Waals surface area contributed by atoms with E-state index in [0.29, 0.717) is 10.7 Å². The minimum Gasteiger partial charge on any atom is -0.503 e. The standard InChI is InChI=1S/C20H14ClNO4S/c1-11-6-7-12(10-13(11)21)22-17(15-5-3-9-27-15)16(19(24)20(22)25)18(23)14-4-2-8-26-14/h2-10,17,24H,1H3. The number of aliphatic hydroxyl groups excluding tert-OH is 1. The molecule has 0 fully saturated rings. The number of rotatable bonds is 4. The van der Waals surface area contributed by atoms with E-state index in [4.69, 9.17) is 16.0 Å². The number of Topliss-reactive ketones (excluding diaryl/α,β-unsaturated/α-hetero) is 1. The number of aryl methyl sites for hydroxylation is 1. The van der Waals surface area contributed by atoms with Gasteiger partial charge in [0, 0.05) is 15.6 Å². The van der Waals surface area contributed by atoms with Crippen LogP contribution >= 0.6 is 22.9 Å². The fourth-order valence-electron chi connectivity index (χ4n) is 3.09. The molecule has 0 saturated heterocycles. The molecule has 1 aromatic carbocycles. The second-order valence-electron chi connectivity index (χ2n) is 6.10. The topological polar surface area (TPSA) is 70.8 Å². The molecule has 0 radical (unpaired) electrons. The molecule has 0 bridgehead atoms. The molecule has 4 rings (SSSR count). The van der Waals surface area contributed by atoms with Crippen LogP contribution < -0.4 is 4.90 Å². The lowest BCUT2D eigenvalue weighted by molar-refractivity contribution is -0.117. The van der Waals surface area contributed by atoms with Crippen LogP contribution in [0.3, 0.4) is 0 Å². The maximum Gasteiger partial charge on any atom is 0.294 e. The van der Waals surface area contributed by atoms with Crippen LogP contribution in [0.15, 0.2) is 69.9 Å². The molecule has 1 atom stereocenters. The maximum atomic E-state index is 13.0. The van der Waals surface area contributed by atoms with Crippen molar-refractivity contribution in [1.29, 1.82) is 0 Å². The number of hydrogen-bond donors (Lipinski definition) is 1. The molecule has 1 unspecified atom stereocenters. The van der Waals surface area contributed by atoms with Gasteiger partial charge in [0.2, 0.25) is 5.78 Å². The lowest BCUT2D eigenvalue weighted by Gasteiger charge is -2.26. The Morgan fingerprint density at radius 3 is 2.70 bits per heavy atom. The molecule has 3 heterocycles. The summed E-state index contributed by atoms with van der Waals surface area (Å²) in [5.41, 5.74) is 1.36. The molecule has 0 spiro atoms. The first-order valence-corrected chi connectivity index (χ1v) is 9.39. The smallest absolute Gasteiger partial charge is 0.294 e. The number of hydrogen-bond acceptors (Lipinski definition) is 5. The van der Waals surface area contributed by atoms with Crippen molar-refractivity contribution in [1.82, 2.24) is 0 Å². The van der Waals surface area contributed by atoms with E-state index in [0.717, 1.165) is 10.4 Å². The molecular formula is C20H14ClNO4S. The number of thiophene rings is 1. The highest BCUT2D eigenvalue weighted by Gasteiger charge is 2.45. The largest absolute Gasteiger partial charge is 0.503 e. The van der Waals surface area contributed by atoms with Crippen molar-refractivity contribution in [3.05, 3.63) is 86.7 Å². The Bertz CT molecular complexity index is 1050. The molecule has 136 valence electrons. The van der Waals surface area contributed by atoms with E-state index in [1.165, 1.54) is 28.6 Å². The van der Waals surface area contributed by atoms with E-state index < -0.39 is 23.5 Å². The third-order valence-corrected chi connectivity index (χ3v) is 5.78. The molecule has 1 aliphatic rings. The van der Waals surface area contributed by atoms with Crippen molar-refractivity contribution >= 4 is 40.3 Å². The average molecular weight is 400 g/mol. The van der Waals surface area contributed by atoms with Gasteiger partial charge in [-0.1, -0.05) is 23.7 Å². The van der Waals surface area contributed by atoms with Gasteiger partial charge < -0.3 is 9.52 Å². The molecule has 1 aliphatic heterocycles. The van der Waals surface area contributed by atoms with Crippen molar-refractivity contribution in [3.8, 4) is 0 Å². The first kappa shape index (κ1) is 17.6. The fraction of sp³-hybridized carbons (Fsp3) is 0.100. The van der Waals surface area contributed by atoms with Gasteiger partial charge in [-0.2, -0.15) is 0 Å². The summed E-state index contributed by atoms with van der Waals surface area (Å²) in [5.74, 6) is -1.69. The maximum absolute atomic E-state index is 13.0. The van der Waals surface area contributed by atoms with E-state index in [2.05, 4.69) is 0 Å². The summed E-state index contributed by atoms with van der Waals surface area (Å²) in [4.78, 5) is 28.0. The van der Waals surface area contributed by atoms with E-state index >= 15 is 0 Å². The Hall–Kier alpha value is -2.83. The van der Waals surface area contributed by atoms with Crippen molar-refractivity contribution in [2.75, 3.05) is 4.90 Å². The van der Waals surface area contributed by atoms with Gasteiger partial charge >= 0.3 is 0 Å². The second kappa shape index (κ2) is 6.72. The predicted molar refractivity (Wildman–Crippen MR) is 103 cm³/mol. The highest BCUT2D eigenvalue weighted by atomic mass is 35.5. The SMILES string of the molecule is Cc1ccc(N2C(=O)C(O)=C(C(=O)c3ccco3)C2c2cccs2)cc1Cl. The summed E-state index contributed by atoms with van der Waals surface area (Å²) < 4.78 is 5.19. The summed E-state index contributed by atoms with van der Waals surface area (Å²) in [6, 6.07) is 11.2. The van der Waals surface area contributed by atoms with Crippen LogP contribution in [0, 0.1) is 6.92 Å². The number of halogens is 1. The Balaban J connectivity index is 1.87. The Morgan fingerprint density at radius 1 is 1.26 bits per heavy atom. The summed E-state index contributed by atoms with van der Waals surface area (Å²) in [5, 5.41) is 12.9. The van der Waals surface area contributed by atoms with Gasteiger partial charge in [0.15, 0.2) is 11.5 Å². The van der Waals surface area contributed by atoms with Gasteiger partial charge in [0.05, 0.1) is 11.8 Å². The highest BCUT2D eigenvalue weighted by molar-refractivity contribution is 7.10. The molecule has 0 saturated carbocycles. The lowest BCUT2D eigenvalue weighted by Crippen LogP contribution is -2.30. The van der Waals surface area contributed by atoms with Crippen molar-refractivity contribution in [3.63, 3.8) is 0 Å². The lowest BCUT2D eigenvalue weighted by atomic mass is 10.00. The summed E-state index contributed by atoms with van der Waals surface area (Å²) >= 11 is 7.63. The van der Waals surface area contributed by atoms with Crippen LogP contribution in [0.1, 0.15) is 27.0 Å². The zero-order valence-corrected chi connectivity index (χ0v) is 15.8. The van der Waals surface area contributed by atoms with Crippen LogP contribution in [0.25, 0.3) is 0 Å². The van der Waals surface area contributed by atoms with Crippen LogP contribution in [0.2, 0.25) is 5.02 Å². The van der Waals surface area contributed by atoms with Crippen molar-refractivity contribution in [2.45, 2.75) is 13.0 Å². The van der Waals surface area contributed by atoms with Crippen molar-refractivity contribution < 1.29 is 19.1 Å². The van der Waals surface area contributed by atoms with E-state index in [1.54, 1.807) is 24.3 Å². The zero-order chi connectivity index (χ0) is 19.1. The Kier molecular flexibility index (Phi) is 4.37. The van der Waals surface area contributed by atoms with Crippen LogP contribution in [0.4, 0.5) is 5.69 Å². The molecule has 0 aliphatic carbocycles. The van der Waals surface area contributed by atoms with Gasteiger partial charge in [-0.3, -0.25) is 14.5 Å². The van der Waals surface area contributed by atoms with Gasteiger partial charge in [0.25, 0.3) is 5.91 Å². The molecule has 7 heteroatoms. The van der Waals surface area contributed by atoms with E-state index in [9.17, 15) is 14.7 Å². The normalized spacial score (nSPS) is 17.0. The first-order valence-electron chi connectivity index (χ1n) is 8.13.